The molecule has 0 spiro atoms. The van der Waals surface area contributed by atoms with Gasteiger partial charge in [-0.15, -0.1) is 11.8 Å². The highest BCUT2D eigenvalue weighted by atomic mass is 32.2. The van der Waals surface area contributed by atoms with Crippen molar-refractivity contribution < 1.29 is 4.74 Å². The maximum atomic E-state index is 5.78. The number of nitrogens with two attached hydrogens (primary N) is 1. The summed E-state index contributed by atoms with van der Waals surface area (Å²) in [5, 5.41) is 0. The van der Waals surface area contributed by atoms with Gasteiger partial charge in [-0.2, -0.15) is 0 Å². The summed E-state index contributed by atoms with van der Waals surface area (Å²) in [6, 6.07) is 8.28. The van der Waals surface area contributed by atoms with E-state index in [1.807, 2.05) is 11.8 Å². The maximum Gasteiger partial charge on any atom is 0.237 e. The molecular weight excluding hydrogens is 272 g/mol. The minimum atomic E-state index is -0.116. The van der Waals surface area contributed by atoms with Crippen molar-refractivity contribution in [1.82, 2.24) is 15.4 Å². The van der Waals surface area contributed by atoms with Gasteiger partial charge in [0.1, 0.15) is 5.69 Å². The summed E-state index contributed by atoms with van der Waals surface area (Å²) in [5.41, 5.74) is 4.93. The molecule has 2 atom stereocenters. The Balaban J connectivity index is 1.99. The molecule has 2 unspecified atom stereocenters. The van der Waals surface area contributed by atoms with Crippen LogP contribution in [0.15, 0.2) is 41.6 Å². The summed E-state index contributed by atoms with van der Waals surface area (Å²) < 4.78 is 5.30. The van der Waals surface area contributed by atoms with Crippen molar-refractivity contribution in [2.45, 2.75) is 16.9 Å². The topological polar surface area (TPSA) is 73.1 Å². The summed E-state index contributed by atoms with van der Waals surface area (Å²) >= 11 is 1.84. The molecule has 5 nitrogen and oxygen atoms in total. The Morgan fingerprint density at radius 3 is 2.95 bits per heavy atom. The number of methoxy groups -OCH3 is 1. The molecule has 6 heteroatoms. The van der Waals surface area contributed by atoms with E-state index in [-0.39, 0.29) is 12.0 Å². The Hall–Kier alpha value is -1.63. The van der Waals surface area contributed by atoms with Gasteiger partial charge < -0.3 is 4.74 Å². The largest absolute Gasteiger partial charge is 0.480 e. The van der Waals surface area contributed by atoms with E-state index in [9.17, 15) is 0 Å². The van der Waals surface area contributed by atoms with Crippen LogP contribution in [0.1, 0.15) is 23.2 Å². The van der Waals surface area contributed by atoms with Crippen LogP contribution in [-0.2, 0) is 0 Å². The predicted octanol–water partition coefficient (Wildman–Crippen LogP) is 1.88. The molecule has 0 bridgehead atoms. The Kier molecular flexibility index (Phi) is 3.86. The molecule has 0 saturated heterocycles. The van der Waals surface area contributed by atoms with Crippen LogP contribution in [0.4, 0.5) is 0 Å². The Morgan fingerprint density at radius 2 is 2.15 bits per heavy atom. The molecule has 104 valence electrons. The second-order valence-corrected chi connectivity index (χ2v) is 5.61. The van der Waals surface area contributed by atoms with E-state index in [2.05, 4.69) is 39.7 Å². The Labute approximate surface area is 121 Å². The fourth-order valence-corrected chi connectivity index (χ4v) is 3.85. The minimum absolute atomic E-state index is 0.116. The first-order valence-electron chi connectivity index (χ1n) is 6.38. The summed E-state index contributed by atoms with van der Waals surface area (Å²) in [6.07, 6.45) is 3.28. The number of nitrogens with zero attached hydrogens (tertiary/aromatic N) is 2. The number of hydrogen-bond donors (Lipinski definition) is 2. The number of hydrazine groups is 1. The molecule has 0 radical (unpaired) electrons. The fourth-order valence-electron chi connectivity index (χ4n) is 2.56. The molecule has 3 rings (SSSR count). The molecular formula is C14H16N4OS. The van der Waals surface area contributed by atoms with Gasteiger partial charge in [0.05, 0.1) is 13.2 Å². The second-order valence-electron chi connectivity index (χ2n) is 4.55. The van der Waals surface area contributed by atoms with Gasteiger partial charge in [0.25, 0.3) is 0 Å². The van der Waals surface area contributed by atoms with Crippen LogP contribution in [-0.4, -0.2) is 22.8 Å². The normalized spacial score (nSPS) is 18.6. The van der Waals surface area contributed by atoms with Crippen molar-refractivity contribution in [2.24, 2.45) is 5.84 Å². The standard InChI is InChI=1S/C14H16N4OS/c1-19-14-13(16-6-7-17-14)12(18-15)10-8-20-11-5-3-2-4-9(10)11/h2-7,10,12,18H,8,15H2,1H3. The first-order chi connectivity index (χ1) is 9.85. The molecule has 2 heterocycles. The molecule has 2 aromatic rings. The van der Waals surface area contributed by atoms with Gasteiger partial charge in [0.15, 0.2) is 0 Å². The van der Waals surface area contributed by atoms with Crippen LogP contribution in [0.25, 0.3) is 0 Å². The molecule has 20 heavy (non-hydrogen) atoms. The van der Waals surface area contributed by atoms with Crippen molar-refractivity contribution in [3.8, 4) is 5.88 Å². The fraction of sp³-hybridized carbons (Fsp3) is 0.286. The molecule has 3 N–H and O–H groups in total. The summed E-state index contributed by atoms with van der Waals surface area (Å²) in [4.78, 5) is 9.91. The zero-order chi connectivity index (χ0) is 13.9. The highest BCUT2D eigenvalue weighted by Crippen LogP contribution is 2.45. The summed E-state index contributed by atoms with van der Waals surface area (Å²) in [5.74, 6) is 7.52. The number of benzene rings is 1. The maximum absolute atomic E-state index is 5.78. The van der Waals surface area contributed by atoms with Gasteiger partial charge in [-0.25, -0.2) is 4.98 Å². The predicted molar refractivity (Wildman–Crippen MR) is 78.6 cm³/mol. The smallest absolute Gasteiger partial charge is 0.237 e. The molecule has 1 aromatic carbocycles. The van der Waals surface area contributed by atoms with Gasteiger partial charge in [0.2, 0.25) is 5.88 Å². The minimum Gasteiger partial charge on any atom is -0.480 e. The van der Waals surface area contributed by atoms with Gasteiger partial charge in [-0.1, -0.05) is 18.2 Å². The van der Waals surface area contributed by atoms with Crippen molar-refractivity contribution in [3.63, 3.8) is 0 Å². The van der Waals surface area contributed by atoms with E-state index >= 15 is 0 Å². The molecule has 0 fully saturated rings. The van der Waals surface area contributed by atoms with Crippen molar-refractivity contribution >= 4 is 11.8 Å². The highest BCUT2D eigenvalue weighted by molar-refractivity contribution is 7.99. The van der Waals surface area contributed by atoms with Crippen molar-refractivity contribution in [3.05, 3.63) is 47.9 Å². The van der Waals surface area contributed by atoms with Crippen LogP contribution >= 0.6 is 11.8 Å². The van der Waals surface area contributed by atoms with Crippen LogP contribution in [0, 0.1) is 0 Å². The molecule has 1 aliphatic rings. The third-order valence-electron chi connectivity index (χ3n) is 3.50. The number of ether oxygens (including phenoxy) is 1. The van der Waals surface area contributed by atoms with Crippen molar-refractivity contribution in [2.75, 3.05) is 12.9 Å². The lowest BCUT2D eigenvalue weighted by atomic mass is 9.91. The number of thioether (sulfide) groups is 1. The van der Waals surface area contributed by atoms with E-state index in [1.165, 1.54) is 10.5 Å². The monoisotopic (exact) mass is 288 g/mol. The number of fused-ring (bicyclic) bond motifs is 1. The molecule has 0 amide bonds. The van der Waals surface area contributed by atoms with E-state index in [4.69, 9.17) is 10.6 Å². The number of rotatable bonds is 4. The zero-order valence-corrected chi connectivity index (χ0v) is 11.9. The third-order valence-corrected chi connectivity index (χ3v) is 4.71. The number of aromatic nitrogens is 2. The average molecular weight is 288 g/mol. The zero-order valence-electron chi connectivity index (χ0n) is 11.1. The lowest BCUT2D eigenvalue weighted by Gasteiger charge is -2.23. The van der Waals surface area contributed by atoms with Gasteiger partial charge in [-0.3, -0.25) is 16.3 Å². The molecule has 1 aromatic heterocycles. The second kappa shape index (κ2) is 5.78. The van der Waals surface area contributed by atoms with Gasteiger partial charge >= 0.3 is 0 Å². The summed E-state index contributed by atoms with van der Waals surface area (Å²) in [7, 11) is 1.60. The Bertz CT molecular complexity index is 607. The van der Waals surface area contributed by atoms with Crippen LogP contribution in [0.5, 0.6) is 5.88 Å². The van der Waals surface area contributed by atoms with E-state index in [1.54, 1.807) is 19.5 Å². The lowest BCUT2D eigenvalue weighted by Crippen LogP contribution is -2.33. The third kappa shape index (κ3) is 2.26. The van der Waals surface area contributed by atoms with E-state index in [0.717, 1.165) is 11.4 Å². The van der Waals surface area contributed by atoms with Crippen LogP contribution < -0.4 is 16.0 Å². The van der Waals surface area contributed by atoms with E-state index < -0.39 is 0 Å². The number of hydrogen-bond acceptors (Lipinski definition) is 6. The molecule has 0 saturated carbocycles. The molecule has 0 aliphatic carbocycles. The van der Waals surface area contributed by atoms with E-state index in [0.29, 0.717) is 5.88 Å². The average Bonchev–Trinajstić information content (AvgIpc) is 2.93. The van der Waals surface area contributed by atoms with Crippen LogP contribution in [0.2, 0.25) is 0 Å². The van der Waals surface area contributed by atoms with Crippen molar-refractivity contribution in [1.29, 1.82) is 0 Å². The number of nitrogens with one attached hydrogen (secondary N) is 1. The quantitative estimate of drug-likeness (QED) is 0.661. The van der Waals surface area contributed by atoms with Gasteiger partial charge in [-0.05, 0) is 11.6 Å². The Morgan fingerprint density at radius 1 is 1.35 bits per heavy atom. The van der Waals surface area contributed by atoms with Crippen LogP contribution in [0.3, 0.4) is 0 Å². The SMILES string of the molecule is COc1nccnc1C(NN)C1CSc2ccccc21. The molecule has 1 aliphatic heterocycles. The lowest BCUT2D eigenvalue weighted by molar-refractivity contribution is 0.369. The first kappa shape index (κ1) is 13.4. The van der Waals surface area contributed by atoms with Gasteiger partial charge in [0, 0.05) is 29.0 Å². The first-order valence-corrected chi connectivity index (χ1v) is 7.36. The highest BCUT2D eigenvalue weighted by Gasteiger charge is 2.33. The summed E-state index contributed by atoms with van der Waals surface area (Å²) in [6.45, 7) is 0.